The van der Waals surface area contributed by atoms with Gasteiger partial charge in [0.2, 0.25) is 5.13 Å². The zero-order chi connectivity index (χ0) is 13.0. The molecule has 1 aromatic heterocycles. The van der Waals surface area contributed by atoms with Gasteiger partial charge in [-0.1, -0.05) is 24.3 Å². The second-order valence-corrected chi connectivity index (χ2v) is 4.56. The van der Waals surface area contributed by atoms with E-state index in [1.807, 2.05) is 13.0 Å². The monoisotopic (exact) mass is 258 g/mol. The number of carbonyl (C=O) groups excluding carboxylic acids is 1. The van der Waals surface area contributed by atoms with Crippen LogP contribution in [0.4, 0.5) is 5.13 Å². The largest absolute Gasteiger partial charge is 0.296 e. The fraction of sp³-hybridized carbons (Fsp3) is 0.167. The quantitative estimate of drug-likeness (QED) is 0.915. The molecule has 90 valence electrons. The standard InChI is InChI=1S/C12H10N4OS/c1-2-10-15-16-12(18-10)14-11(17)9-5-3-4-8(6-9)7-13/h3-6H,2H2,1H3,(H,14,16,17). The molecule has 2 rings (SSSR count). The minimum atomic E-state index is -0.286. The van der Waals surface area contributed by atoms with E-state index in [1.54, 1.807) is 18.2 Å². The summed E-state index contributed by atoms with van der Waals surface area (Å²) in [6.07, 6.45) is 0.789. The van der Waals surface area contributed by atoms with E-state index in [1.165, 1.54) is 17.4 Å². The number of rotatable bonds is 3. The summed E-state index contributed by atoms with van der Waals surface area (Å²) < 4.78 is 0. The molecule has 1 amide bonds. The van der Waals surface area contributed by atoms with Crippen LogP contribution in [0, 0.1) is 11.3 Å². The molecule has 1 aromatic carbocycles. The van der Waals surface area contributed by atoms with Crippen molar-refractivity contribution in [3.63, 3.8) is 0 Å². The third kappa shape index (κ3) is 2.70. The van der Waals surface area contributed by atoms with Gasteiger partial charge in [-0.3, -0.25) is 10.1 Å². The molecule has 0 aliphatic heterocycles. The highest BCUT2D eigenvalue weighted by Gasteiger charge is 2.09. The average molecular weight is 258 g/mol. The van der Waals surface area contributed by atoms with E-state index in [2.05, 4.69) is 15.5 Å². The normalized spacial score (nSPS) is 9.78. The fourth-order valence-electron chi connectivity index (χ4n) is 1.35. The SMILES string of the molecule is CCc1nnc(NC(=O)c2cccc(C#N)c2)s1. The van der Waals surface area contributed by atoms with Crippen LogP contribution in [0.2, 0.25) is 0 Å². The second kappa shape index (κ2) is 5.38. The van der Waals surface area contributed by atoms with Crippen molar-refractivity contribution in [1.82, 2.24) is 10.2 Å². The van der Waals surface area contributed by atoms with E-state index in [0.29, 0.717) is 16.3 Å². The summed E-state index contributed by atoms with van der Waals surface area (Å²) in [5, 5.41) is 20.6. The first kappa shape index (κ1) is 12.2. The van der Waals surface area contributed by atoms with E-state index in [4.69, 9.17) is 5.26 Å². The molecule has 0 aliphatic rings. The number of benzene rings is 1. The van der Waals surface area contributed by atoms with Crippen molar-refractivity contribution in [2.45, 2.75) is 13.3 Å². The Morgan fingerprint density at radius 1 is 1.50 bits per heavy atom. The average Bonchev–Trinajstić information content (AvgIpc) is 2.86. The van der Waals surface area contributed by atoms with Crippen molar-refractivity contribution < 1.29 is 4.79 Å². The summed E-state index contributed by atoms with van der Waals surface area (Å²) >= 11 is 1.35. The molecule has 1 heterocycles. The van der Waals surface area contributed by atoms with Crippen LogP contribution >= 0.6 is 11.3 Å². The Morgan fingerprint density at radius 3 is 3.00 bits per heavy atom. The Bertz CT molecular complexity index is 615. The second-order valence-electron chi connectivity index (χ2n) is 3.50. The van der Waals surface area contributed by atoms with Crippen LogP contribution in [-0.2, 0) is 6.42 Å². The highest BCUT2D eigenvalue weighted by molar-refractivity contribution is 7.15. The summed E-state index contributed by atoms with van der Waals surface area (Å²) in [4.78, 5) is 11.9. The van der Waals surface area contributed by atoms with E-state index in [9.17, 15) is 4.79 Å². The number of hydrogen-bond acceptors (Lipinski definition) is 5. The lowest BCUT2D eigenvalue weighted by Gasteiger charge is -2.00. The van der Waals surface area contributed by atoms with Crippen LogP contribution in [0.15, 0.2) is 24.3 Å². The molecule has 0 fully saturated rings. The number of amides is 1. The van der Waals surface area contributed by atoms with E-state index < -0.39 is 0 Å². The maximum absolute atomic E-state index is 11.9. The van der Waals surface area contributed by atoms with Crippen molar-refractivity contribution >= 4 is 22.4 Å². The molecule has 0 aliphatic carbocycles. The van der Waals surface area contributed by atoms with Gasteiger partial charge >= 0.3 is 0 Å². The number of nitrogens with one attached hydrogen (secondary N) is 1. The molecule has 0 atom stereocenters. The van der Waals surface area contributed by atoms with Gasteiger partial charge in [-0.15, -0.1) is 10.2 Å². The first-order valence-corrected chi connectivity index (χ1v) is 6.18. The topological polar surface area (TPSA) is 78.7 Å². The van der Waals surface area contributed by atoms with Crippen LogP contribution in [-0.4, -0.2) is 16.1 Å². The van der Waals surface area contributed by atoms with E-state index >= 15 is 0 Å². The van der Waals surface area contributed by atoms with Gasteiger partial charge in [0.1, 0.15) is 5.01 Å². The Morgan fingerprint density at radius 2 is 2.33 bits per heavy atom. The van der Waals surface area contributed by atoms with Gasteiger partial charge in [-0.05, 0) is 24.6 Å². The van der Waals surface area contributed by atoms with Gasteiger partial charge in [-0.2, -0.15) is 5.26 Å². The molecule has 0 spiro atoms. The van der Waals surface area contributed by atoms with Crippen LogP contribution in [0.5, 0.6) is 0 Å². The predicted octanol–water partition coefficient (Wildman–Crippen LogP) is 2.22. The summed E-state index contributed by atoms with van der Waals surface area (Å²) in [6, 6.07) is 8.50. The highest BCUT2D eigenvalue weighted by Crippen LogP contribution is 2.16. The zero-order valence-electron chi connectivity index (χ0n) is 9.67. The Labute approximate surface area is 108 Å². The van der Waals surface area contributed by atoms with Gasteiger partial charge in [0.25, 0.3) is 5.91 Å². The van der Waals surface area contributed by atoms with E-state index in [0.717, 1.165) is 11.4 Å². The van der Waals surface area contributed by atoms with Crippen molar-refractivity contribution in [3.05, 3.63) is 40.4 Å². The number of aryl methyl sites for hydroxylation is 1. The molecular formula is C12H10N4OS. The van der Waals surface area contributed by atoms with Crippen molar-refractivity contribution in [1.29, 1.82) is 5.26 Å². The molecule has 0 unspecified atom stereocenters. The maximum atomic E-state index is 11.9. The van der Waals surface area contributed by atoms with Crippen molar-refractivity contribution in [2.24, 2.45) is 0 Å². The van der Waals surface area contributed by atoms with Gasteiger partial charge in [-0.25, -0.2) is 0 Å². The van der Waals surface area contributed by atoms with Crippen LogP contribution < -0.4 is 5.32 Å². The molecule has 0 saturated carbocycles. The summed E-state index contributed by atoms with van der Waals surface area (Å²) in [5.41, 5.74) is 0.886. The molecule has 5 nitrogen and oxygen atoms in total. The van der Waals surface area contributed by atoms with Crippen LogP contribution in [0.3, 0.4) is 0 Å². The fourth-order valence-corrected chi connectivity index (χ4v) is 2.02. The maximum Gasteiger partial charge on any atom is 0.257 e. The molecule has 2 aromatic rings. The molecule has 0 saturated heterocycles. The highest BCUT2D eigenvalue weighted by atomic mass is 32.1. The van der Waals surface area contributed by atoms with E-state index in [-0.39, 0.29) is 5.91 Å². The third-order valence-corrected chi connectivity index (χ3v) is 3.23. The van der Waals surface area contributed by atoms with Gasteiger partial charge in [0.05, 0.1) is 11.6 Å². The first-order valence-electron chi connectivity index (χ1n) is 5.37. The van der Waals surface area contributed by atoms with Crippen molar-refractivity contribution in [2.75, 3.05) is 5.32 Å². The summed E-state index contributed by atoms with van der Waals surface area (Å²) in [6.45, 7) is 1.97. The number of nitrogens with zero attached hydrogens (tertiary/aromatic N) is 3. The van der Waals surface area contributed by atoms with Gasteiger partial charge < -0.3 is 0 Å². The first-order chi connectivity index (χ1) is 8.72. The van der Waals surface area contributed by atoms with Gasteiger partial charge in [0.15, 0.2) is 0 Å². The van der Waals surface area contributed by atoms with Crippen molar-refractivity contribution in [3.8, 4) is 6.07 Å². The number of nitriles is 1. The Balaban J connectivity index is 2.14. The lowest BCUT2D eigenvalue weighted by Crippen LogP contribution is -2.11. The smallest absolute Gasteiger partial charge is 0.257 e. The molecule has 0 bridgehead atoms. The minimum absolute atomic E-state index is 0.286. The number of anilines is 1. The summed E-state index contributed by atoms with van der Waals surface area (Å²) in [7, 11) is 0. The number of hydrogen-bond donors (Lipinski definition) is 1. The third-order valence-electron chi connectivity index (χ3n) is 2.24. The zero-order valence-corrected chi connectivity index (χ0v) is 10.5. The molecule has 0 radical (unpaired) electrons. The molecular weight excluding hydrogens is 248 g/mol. The Kier molecular flexibility index (Phi) is 3.65. The molecule has 1 N–H and O–H groups in total. The molecule has 18 heavy (non-hydrogen) atoms. The lowest BCUT2D eigenvalue weighted by molar-refractivity contribution is 0.102. The number of carbonyl (C=O) groups is 1. The molecule has 6 heteroatoms. The van der Waals surface area contributed by atoms with Crippen LogP contribution in [0.25, 0.3) is 0 Å². The van der Waals surface area contributed by atoms with Gasteiger partial charge in [0, 0.05) is 5.56 Å². The number of aromatic nitrogens is 2. The lowest BCUT2D eigenvalue weighted by atomic mass is 10.1. The predicted molar refractivity (Wildman–Crippen MR) is 68.4 cm³/mol. The minimum Gasteiger partial charge on any atom is -0.296 e. The summed E-state index contributed by atoms with van der Waals surface area (Å²) in [5.74, 6) is -0.286. The Hall–Kier alpha value is -2.26. The van der Waals surface area contributed by atoms with Crippen LogP contribution in [0.1, 0.15) is 27.9 Å².